The van der Waals surface area contributed by atoms with Crippen molar-refractivity contribution in [2.45, 2.75) is 82.4 Å². The highest BCUT2D eigenvalue weighted by molar-refractivity contribution is 5.66. The second-order valence-electron chi connectivity index (χ2n) is 6.92. The van der Waals surface area contributed by atoms with Crippen molar-refractivity contribution in [3.8, 4) is 0 Å². The second-order valence-corrected chi connectivity index (χ2v) is 6.92. The maximum atomic E-state index is 10.4. The first kappa shape index (κ1) is 24.3. The molecule has 6 nitrogen and oxygen atoms in total. The van der Waals surface area contributed by atoms with E-state index in [2.05, 4.69) is 0 Å². The van der Waals surface area contributed by atoms with E-state index in [1.54, 1.807) is 6.08 Å². The minimum Gasteiger partial charge on any atom is -0.481 e. The Morgan fingerprint density at radius 1 is 1.07 bits per heavy atom. The van der Waals surface area contributed by atoms with Crippen LogP contribution in [-0.2, 0) is 9.53 Å². The third-order valence-electron chi connectivity index (χ3n) is 4.52. The van der Waals surface area contributed by atoms with Gasteiger partial charge in [-0.2, -0.15) is 0 Å². The maximum Gasteiger partial charge on any atom is 0.303 e. The average Bonchev–Trinajstić information content (AvgIpc) is 3.04. The molecule has 0 amide bonds. The topological polar surface area (TPSA) is 107 Å². The van der Waals surface area contributed by atoms with Crippen molar-refractivity contribution in [3.63, 3.8) is 0 Å². The Hall–Kier alpha value is -1.73. The Balaban J connectivity index is 2.23. The van der Waals surface area contributed by atoms with Crippen LogP contribution in [0.5, 0.6) is 0 Å². The number of hydrogen-bond acceptors (Lipinski definition) is 5. The lowest BCUT2D eigenvalue weighted by atomic mass is 10.0. The Morgan fingerprint density at radius 2 is 1.71 bits per heavy atom. The van der Waals surface area contributed by atoms with Gasteiger partial charge < -0.3 is 25.2 Å². The standard InChI is InChI=1S/C22H34O6/c1-2-17(23)14-15-18(24)21-16-19(25)20(28-21)12-10-8-6-4-3-5-7-9-11-13-22(26)27/h3-4,7-10,14-15,17-21,23-25H,2,5-6,11-13,16H2,1H3,(H,26,27)/b4-3-,9-7-,10-8-,15-14+/t17-,18+,19+,20+,21+/m1/s1. The van der Waals surface area contributed by atoms with Crippen LogP contribution in [0.1, 0.15) is 51.9 Å². The fourth-order valence-electron chi connectivity index (χ4n) is 2.79. The summed E-state index contributed by atoms with van der Waals surface area (Å²) in [5, 5.41) is 38.2. The van der Waals surface area contributed by atoms with E-state index < -0.39 is 30.4 Å². The molecule has 4 N–H and O–H groups in total. The van der Waals surface area contributed by atoms with E-state index in [-0.39, 0.29) is 12.5 Å². The van der Waals surface area contributed by atoms with Crippen molar-refractivity contribution in [2.24, 2.45) is 0 Å². The molecule has 28 heavy (non-hydrogen) atoms. The number of aliphatic hydroxyl groups excluding tert-OH is 3. The van der Waals surface area contributed by atoms with E-state index in [4.69, 9.17) is 9.84 Å². The molecule has 1 rings (SSSR count). The van der Waals surface area contributed by atoms with E-state index in [0.717, 1.165) is 12.8 Å². The molecule has 1 fully saturated rings. The Bertz CT molecular complexity index is 551. The molecule has 1 heterocycles. The summed E-state index contributed by atoms with van der Waals surface area (Å²) in [6, 6.07) is 0. The summed E-state index contributed by atoms with van der Waals surface area (Å²) in [6.45, 7) is 1.86. The number of aliphatic carboxylic acids is 1. The van der Waals surface area contributed by atoms with Gasteiger partial charge in [0.15, 0.2) is 0 Å². The third kappa shape index (κ3) is 10.6. The highest BCUT2D eigenvalue weighted by Gasteiger charge is 2.36. The van der Waals surface area contributed by atoms with Crippen LogP contribution in [0.25, 0.3) is 0 Å². The van der Waals surface area contributed by atoms with Crippen molar-refractivity contribution in [2.75, 3.05) is 0 Å². The highest BCUT2D eigenvalue weighted by atomic mass is 16.5. The number of aliphatic hydroxyl groups is 3. The van der Waals surface area contributed by atoms with Gasteiger partial charge in [-0.1, -0.05) is 55.5 Å². The van der Waals surface area contributed by atoms with Crippen LogP contribution in [0.15, 0.2) is 48.6 Å². The lowest BCUT2D eigenvalue weighted by Crippen LogP contribution is -2.24. The molecular formula is C22H34O6. The summed E-state index contributed by atoms with van der Waals surface area (Å²) >= 11 is 0. The third-order valence-corrected chi connectivity index (χ3v) is 4.52. The van der Waals surface area contributed by atoms with Gasteiger partial charge in [-0.3, -0.25) is 4.79 Å². The molecule has 5 atom stereocenters. The molecule has 1 aliphatic heterocycles. The first-order chi connectivity index (χ1) is 13.4. The van der Waals surface area contributed by atoms with Crippen LogP contribution in [0.4, 0.5) is 0 Å². The van der Waals surface area contributed by atoms with Crippen LogP contribution >= 0.6 is 0 Å². The van der Waals surface area contributed by atoms with Crippen molar-refractivity contribution >= 4 is 5.97 Å². The summed E-state index contributed by atoms with van der Waals surface area (Å²) in [7, 11) is 0. The van der Waals surface area contributed by atoms with Gasteiger partial charge in [-0.05, 0) is 32.1 Å². The number of carbonyl (C=O) groups is 1. The molecule has 0 aromatic rings. The number of allylic oxidation sites excluding steroid dienone is 5. The van der Waals surface area contributed by atoms with Crippen molar-refractivity contribution in [1.29, 1.82) is 0 Å². The fourth-order valence-corrected chi connectivity index (χ4v) is 2.79. The highest BCUT2D eigenvalue weighted by Crippen LogP contribution is 2.26. The molecule has 0 aliphatic carbocycles. The molecule has 0 unspecified atom stereocenters. The van der Waals surface area contributed by atoms with Gasteiger partial charge in [0.25, 0.3) is 0 Å². The Morgan fingerprint density at radius 3 is 2.36 bits per heavy atom. The molecule has 0 aromatic heterocycles. The summed E-state index contributed by atoms with van der Waals surface area (Å²) in [6.07, 6.45) is 15.9. The summed E-state index contributed by atoms with van der Waals surface area (Å²) in [5.74, 6) is -0.783. The first-order valence-corrected chi connectivity index (χ1v) is 9.98. The van der Waals surface area contributed by atoms with Gasteiger partial charge in [0, 0.05) is 12.8 Å². The molecule has 1 saturated heterocycles. The van der Waals surface area contributed by atoms with Crippen molar-refractivity contribution in [1.82, 2.24) is 0 Å². The van der Waals surface area contributed by atoms with E-state index in [1.165, 1.54) is 6.08 Å². The molecule has 158 valence electrons. The molecule has 0 bridgehead atoms. The molecule has 1 aliphatic rings. The summed E-state index contributed by atoms with van der Waals surface area (Å²) < 4.78 is 5.75. The van der Waals surface area contributed by atoms with Gasteiger partial charge in [-0.25, -0.2) is 0 Å². The normalized spacial score (nSPS) is 25.5. The van der Waals surface area contributed by atoms with E-state index in [0.29, 0.717) is 25.7 Å². The fraction of sp³-hybridized carbons (Fsp3) is 0.591. The number of rotatable bonds is 13. The maximum absolute atomic E-state index is 10.4. The number of hydrogen-bond donors (Lipinski definition) is 4. The predicted octanol–water partition coefficient (Wildman–Crippen LogP) is 2.90. The summed E-state index contributed by atoms with van der Waals surface area (Å²) in [5.41, 5.74) is 0. The van der Waals surface area contributed by atoms with Gasteiger partial charge in [-0.15, -0.1) is 0 Å². The van der Waals surface area contributed by atoms with Crippen molar-refractivity contribution < 1.29 is 30.0 Å². The molecule has 0 spiro atoms. The Kier molecular flexibility index (Phi) is 12.4. The van der Waals surface area contributed by atoms with Crippen LogP contribution in [0.3, 0.4) is 0 Å². The zero-order valence-electron chi connectivity index (χ0n) is 16.6. The second kappa shape index (κ2) is 14.3. The number of ether oxygens (including phenoxy) is 1. The Labute approximate surface area is 167 Å². The average molecular weight is 395 g/mol. The first-order valence-electron chi connectivity index (χ1n) is 9.98. The quantitative estimate of drug-likeness (QED) is 0.358. The smallest absolute Gasteiger partial charge is 0.303 e. The zero-order valence-corrected chi connectivity index (χ0v) is 16.6. The molecule has 6 heteroatoms. The van der Waals surface area contributed by atoms with Crippen LogP contribution in [-0.4, -0.2) is 56.9 Å². The lowest BCUT2D eigenvalue weighted by Gasteiger charge is -2.16. The van der Waals surface area contributed by atoms with Gasteiger partial charge in [0.05, 0.1) is 30.5 Å². The van der Waals surface area contributed by atoms with Crippen LogP contribution < -0.4 is 0 Å². The largest absolute Gasteiger partial charge is 0.481 e. The monoisotopic (exact) mass is 394 g/mol. The van der Waals surface area contributed by atoms with Gasteiger partial charge in [0.1, 0.15) is 0 Å². The van der Waals surface area contributed by atoms with Gasteiger partial charge in [0.2, 0.25) is 0 Å². The van der Waals surface area contributed by atoms with E-state index in [9.17, 15) is 20.1 Å². The van der Waals surface area contributed by atoms with Gasteiger partial charge >= 0.3 is 5.97 Å². The molecule has 0 aromatic carbocycles. The minimum absolute atomic E-state index is 0.160. The van der Waals surface area contributed by atoms with E-state index in [1.807, 2.05) is 43.4 Å². The number of carboxylic acids is 1. The van der Waals surface area contributed by atoms with Crippen LogP contribution in [0, 0.1) is 0 Å². The molecule has 0 saturated carbocycles. The molecular weight excluding hydrogens is 360 g/mol. The minimum atomic E-state index is -0.837. The predicted molar refractivity (Wildman–Crippen MR) is 109 cm³/mol. The van der Waals surface area contributed by atoms with E-state index >= 15 is 0 Å². The number of carboxylic acid groups (broad SMARTS) is 1. The van der Waals surface area contributed by atoms with Crippen molar-refractivity contribution in [3.05, 3.63) is 48.6 Å². The zero-order chi connectivity index (χ0) is 20.8. The lowest BCUT2D eigenvalue weighted by molar-refractivity contribution is -0.136. The SMILES string of the molecule is CC[C@@H](O)/C=C/[C@H](O)[C@@H]1C[C@H](O)[C@H](C/C=C\C/C=C\C/C=C\CCC(=O)O)O1. The molecule has 0 radical (unpaired) electrons. The summed E-state index contributed by atoms with van der Waals surface area (Å²) in [4.78, 5) is 10.4. The van der Waals surface area contributed by atoms with Crippen LogP contribution in [0.2, 0.25) is 0 Å².